The Morgan fingerprint density at radius 3 is 2.36 bits per heavy atom. The summed E-state index contributed by atoms with van der Waals surface area (Å²) in [5, 5.41) is 1.08. The van der Waals surface area contributed by atoms with Crippen LogP contribution >= 0.6 is 11.3 Å². The SMILES string of the molecule is CCC1(C)OC(c2ccc(S(C)(=O)=O)cc2)=C(c2cc3ccccc3s2)C1=O. The van der Waals surface area contributed by atoms with Crippen LogP contribution < -0.4 is 0 Å². The van der Waals surface area contributed by atoms with Gasteiger partial charge in [0.15, 0.2) is 15.4 Å². The number of ether oxygens (including phenoxy) is 1. The molecule has 1 aliphatic heterocycles. The number of ketones is 1. The van der Waals surface area contributed by atoms with Crippen molar-refractivity contribution < 1.29 is 17.9 Å². The van der Waals surface area contributed by atoms with E-state index >= 15 is 0 Å². The minimum atomic E-state index is -3.29. The maximum Gasteiger partial charge on any atom is 0.211 e. The zero-order chi connectivity index (χ0) is 20.1. The molecule has 4 nitrogen and oxygen atoms in total. The molecule has 0 saturated carbocycles. The molecule has 1 aliphatic rings. The molecule has 144 valence electrons. The van der Waals surface area contributed by atoms with Crippen molar-refractivity contribution in [3.63, 3.8) is 0 Å². The normalized spacial score (nSPS) is 20.0. The van der Waals surface area contributed by atoms with Crippen LogP contribution in [0.4, 0.5) is 0 Å². The van der Waals surface area contributed by atoms with Crippen molar-refractivity contribution in [2.75, 3.05) is 6.26 Å². The zero-order valence-corrected chi connectivity index (χ0v) is 17.5. The van der Waals surface area contributed by atoms with E-state index in [1.165, 1.54) is 6.26 Å². The van der Waals surface area contributed by atoms with Gasteiger partial charge in [0.2, 0.25) is 5.78 Å². The molecule has 4 rings (SSSR count). The fraction of sp³-hybridized carbons (Fsp3) is 0.227. The number of rotatable bonds is 4. The van der Waals surface area contributed by atoms with Gasteiger partial charge in [-0.15, -0.1) is 11.3 Å². The van der Waals surface area contributed by atoms with Crippen molar-refractivity contribution >= 4 is 48.4 Å². The molecule has 0 N–H and O–H groups in total. The Kier molecular flexibility index (Phi) is 4.43. The molecule has 6 heteroatoms. The molecule has 0 amide bonds. The summed E-state index contributed by atoms with van der Waals surface area (Å²) in [7, 11) is -3.29. The van der Waals surface area contributed by atoms with Gasteiger partial charge in [0, 0.05) is 21.4 Å². The Balaban J connectivity index is 1.90. The molecule has 1 unspecified atom stereocenters. The lowest BCUT2D eigenvalue weighted by Crippen LogP contribution is -2.32. The van der Waals surface area contributed by atoms with Crippen molar-refractivity contribution in [1.29, 1.82) is 0 Å². The highest BCUT2D eigenvalue weighted by molar-refractivity contribution is 7.90. The number of carbonyl (C=O) groups excluding carboxylic acids is 1. The van der Waals surface area contributed by atoms with Crippen LogP contribution in [0.25, 0.3) is 21.4 Å². The van der Waals surface area contributed by atoms with Gasteiger partial charge in [-0.3, -0.25) is 4.79 Å². The highest BCUT2D eigenvalue weighted by Crippen LogP contribution is 2.45. The second-order valence-corrected chi connectivity index (χ2v) is 10.3. The minimum absolute atomic E-state index is 0.0382. The predicted molar refractivity (Wildman–Crippen MR) is 113 cm³/mol. The number of Topliss-reactive ketones (excluding diaryl/α,β-unsaturated/α-hetero) is 1. The van der Waals surface area contributed by atoms with E-state index in [1.54, 1.807) is 42.5 Å². The summed E-state index contributed by atoms with van der Waals surface area (Å²) in [4.78, 5) is 14.4. The van der Waals surface area contributed by atoms with Crippen LogP contribution in [0.2, 0.25) is 0 Å². The van der Waals surface area contributed by atoms with Crippen LogP contribution in [-0.2, 0) is 19.4 Å². The third-order valence-corrected chi connectivity index (χ3v) is 7.42. The Bertz CT molecular complexity index is 1180. The maximum atomic E-state index is 13.3. The van der Waals surface area contributed by atoms with E-state index in [0.717, 1.165) is 15.0 Å². The topological polar surface area (TPSA) is 60.4 Å². The smallest absolute Gasteiger partial charge is 0.211 e. The average Bonchev–Trinajstić information content (AvgIpc) is 3.20. The molecular formula is C22H20O4S2. The summed E-state index contributed by atoms with van der Waals surface area (Å²) in [6.07, 6.45) is 1.72. The third kappa shape index (κ3) is 3.06. The quantitative estimate of drug-likeness (QED) is 0.609. The lowest BCUT2D eigenvalue weighted by molar-refractivity contribution is -0.126. The van der Waals surface area contributed by atoms with Gasteiger partial charge in [-0.2, -0.15) is 0 Å². The summed E-state index contributed by atoms with van der Waals surface area (Å²) in [6, 6.07) is 16.5. The number of sulfone groups is 1. The summed E-state index contributed by atoms with van der Waals surface area (Å²) in [6.45, 7) is 3.73. The molecule has 0 bridgehead atoms. The van der Waals surface area contributed by atoms with Gasteiger partial charge in [-0.05, 0) is 55.1 Å². The van der Waals surface area contributed by atoms with E-state index in [1.807, 2.05) is 37.3 Å². The van der Waals surface area contributed by atoms with Gasteiger partial charge in [0.25, 0.3) is 0 Å². The van der Waals surface area contributed by atoms with E-state index < -0.39 is 15.4 Å². The first-order valence-electron chi connectivity index (χ1n) is 9.00. The molecule has 28 heavy (non-hydrogen) atoms. The molecule has 3 aromatic rings. The number of fused-ring (bicyclic) bond motifs is 1. The molecule has 0 radical (unpaired) electrons. The monoisotopic (exact) mass is 412 g/mol. The van der Waals surface area contributed by atoms with Gasteiger partial charge >= 0.3 is 0 Å². The molecule has 2 aromatic carbocycles. The van der Waals surface area contributed by atoms with Crippen molar-refractivity contribution in [2.24, 2.45) is 0 Å². The summed E-state index contributed by atoms with van der Waals surface area (Å²) in [5.41, 5.74) is 0.346. The summed E-state index contributed by atoms with van der Waals surface area (Å²) < 4.78 is 30.8. The largest absolute Gasteiger partial charge is 0.478 e. The van der Waals surface area contributed by atoms with Crippen LogP contribution in [0.5, 0.6) is 0 Å². The summed E-state index contributed by atoms with van der Waals surface area (Å²) >= 11 is 1.56. The van der Waals surface area contributed by atoms with Crippen molar-refractivity contribution in [1.82, 2.24) is 0 Å². The Labute approximate surface area is 168 Å². The Hall–Kier alpha value is -2.44. The number of benzene rings is 2. The number of hydrogen-bond acceptors (Lipinski definition) is 5. The summed E-state index contributed by atoms with van der Waals surface area (Å²) in [5.74, 6) is 0.477. The van der Waals surface area contributed by atoms with Crippen molar-refractivity contribution in [3.05, 3.63) is 65.0 Å². The fourth-order valence-electron chi connectivity index (χ4n) is 3.31. The van der Waals surface area contributed by atoms with E-state index in [4.69, 9.17) is 4.74 Å². The van der Waals surface area contributed by atoms with Gasteiger partial charge in [0.1, 0.15) is 5.76 Å². The number of hydrogen-bond donors (Lipinski definition) is 0. The molecule has 1 atom stereocenters. The molecular weight excluding hydrogens is 392 g/mol. The Morgan fingerprint density at radius 2 is 1.75 bits per heavy atom. The van der Waals surface area contributed by atoms with Crippen LogP contribution in [-0.4, -0.2) is 26.1 Å². The van der Waals surface area contributed by atoms with Crippen LogP contribution in [0, 0.1) is 0 Å². The number of carbonyl (C=O) groups is 1. The first kappa shape index (κ1) is 18.9. The van der Waals surface area contributed by atoms with Gasteiger partial charge < -0.3 is 4.74 Å². The minimum Gasteiger partial charge on any atom is -0.478 e. The molecule has 0 fully saturated rings. The van der Waals surface area contributed by atoms with E-state index in [-0.39, 0.29) is 10.7 Å². The van der Waals surface area contributed by atoms with Crippen molar-refractivity contribution in [3.8, 4) is 0 Å². The molecule has 0 saturated heterocycles. The highest BCUT2D eigenvalue weighted by Gasteiger charge is 2.45. The lowest BCUT2D eigenvalue weighted by Gasteiger charge is -2.21. The molecule has 1 aromatic heterocycles. The van der Waals surface area contributed by atoms with Crippen LogP contribution in [0.3, 0.4) is 0 Å². The first-order chi connectivity index (χ1) is 13.2. The first-order valence-corrected chi connectivity index (χ1v) is 11.7. The third-order valence-electron chi connectivity index (χ3n) is 5.15. The van der Waals surface area contributed by atoms with E-state index in [9.17, 15) is 13.2 Å². The van der Waals surface area contributed by atoms with Crippen molar-refractivity contribution in [2.45, 2.75) is 30.8 Å². The molecule has 2 heterocycles. The fourth-order valence-corrected chi connectivity index (χ4v) is 5.04. The zero-order valence-electron chi connectivity index (χ0n) is 15.9. The Morgan fingerprint density at radius 1 is 1.07 bits per heavy atom. The standard InChI is InChI=1S/C22H20O4S2/c1-4-22(2)21(23)19(18-13-15-7-5-6-8-17(15)27-18)20(26-22)14-9-11-16(12-10-14)28(3,24)25/h5-13H,4H2,1-3H3. The molecule has 0 aliphatic carbocycles. The van der Waals surface area contributed by atoms with Crippen LogP contribution in [0.1, 0.15) is 30.7 Å². The van der Waals surface area contributed by atoms with Gasteiger partial charge in [-0.25, -0.2) is 8.42 Å². The van der Waals surface area contributed by atoms with Gasteiger partial charge in [-0.1, -0.05) is 25.1 Å². The lowest BCUT2D eigenvalue weighted by atomic mass is 9.93. The predicted octanol–water partition coefficient (Wildman–Crippen LogP) is 4.94. The maximum absolute atomic E-state index is 13.3. The second-order valence-electron chi connectivity index (χ2n) is 7.16. The van der Waals surface area contributed by atoms with E-state index in [2.05, 4.69) is 0 Å². The number of thiophene rings is 1. The highest BCUT2D eigenvalue weighted by atomic mass is 32.2. The van der Waals surface area contributed by atoms with Crippen LogP contribution in [0.15, 0.2) is 59.5 Å². The average molecular weight is 413 g/mol. The van der Waals surface area contributed by atoms with Gasteiger partial charge in [0.05, 0.1) is 10.5 Å². The second kappa shape index (κ2) is 6.57. The molecule has 0 spiro atoms. The van der Waals surface area contributed by atoms with E-state index in [0.29, 0.717) is 23.3 Å².